The quantitative estimate of drug-likeness (QED) is 0.824. The summed E-state index contributed by atoms with van der Waals surface area (Å²) in [6, 6.07) is 8.50. The van der Waals surface area contributed by atoms with Gasteiger partial charge in [-0.25, -0.2) is 4.79 Å². The Morgan fingerprint density at radius 2 is 2.09 bits per heavy atom. The molecule has 1 aromatic heterocycles. The van der Waals surface area contributed by atoms with Gasteiger partial charge in [0.05, 0.1) is 0 Å². The predicted molar refractivity (Wildman–Crippen MR) is 77.6 cm³/mol. The number of para-hydroxylation sites is 1. The summed E-state index contributed by atoms with van der Waals surface area (Å²) in [6.45, 7) is 1.53. The van der Waals surface area contributed by atoms with Crippen molar-refractivity contribution in [1.29, 1.82) is 0 Å². The van der Waals surface area contributed by atoms with E-state index in [0.29, 0.717) is 11.3 Å². The molecule has 114 valence electrons. The van der Waals surface area contributed by atoms with E-state index in [2.05, 4.69) is 5.32 Å². The number of urea groups is 1. The first-order valence-electron chi connectivity index (χ1n) is 6.83. The second-order valence-corrected chi connectivity index (χ2v) is 5.38. The Kier molecular flexibility index (Phi) is 3.13. The first kappa shape index (κ1) is 14.1. The molecule has 2 heterocycles. The fourth-order valence-corrected chi connectivity index (χ4v) is 2.52. The third-order valence-corrected chi connectivity index (χ3v) is 3.78. The van der Waals surface area contributed by atoms with Gasteiger partial charge in [0.25, 0.3) is 5.91 Å². The number of imide groups is 1. The van der Waals surface area contributed by atoms with Crippen LogP contribution in [0.4, 0.5) is 4.79 Å². The summed E-state index contributed by atoms with van der Waals surface area (Å²) in [5, 5.41) is 3.47. The molecular formula is C15H15N3O4. The summed E-state index contributed by atoms with van der Waals surface area (Å²) in [5.41, 5.74) is 4.42. The molecule has 1 unspecified atom stereocenters. The Morgan fingerprint density at radius 1 is 1.36 bits per heavy atom. The van der Waals surface area contributed by atoms with Gasteiger partial charge in [-0.05, 0) is 19.1 Å². The molecular weight excluding hydrogens is 286 g/mol. The second-order valence-electron chi connectivity index (χ2n) is 5.38. The zero-order valence-electron chi connectivity index (χ0n) is 12.0. The molecule has 1 aliphatic heterocycles. The standard InChI is InChI=1S/C15H15N3O4/c1-15(11-8-9-4-2-3-5-10(9)22-11)13(20)18(14(21)17-15)7-6-12(16)19/h2-5,8H,6-7H2,1H3,(H2,16,19)(H,17,21). The average Bonchev–Trinajstić information content (AvgIpc) is 2.99. The minimum atomic E-state index is -1.28. The predicted octanol–water partition coefficient (Wildman–Crippen LogP) is 1.08. The number of hydrogen-bond acceptors (Lipinski definition) is 4. The molecule has 7 heteroatoms. The van der Waals surface area contributed by atoms with Crippen LogP contribution < -0.4 is 11.1 Å². The van der Waals surface area contributed by atoms with Crippen molar-refractivity contribution < 1.29 is 18.8 Å². The van der Waals surface area contributed by atoms with Crippen molar-refractivity contribution in [2.75, 3.05) is 6.54 Å². The van der Waals surface area contributed by atoms with Crippen molar-refractivity contribution in [2.45, 2.75) is 18.9 Å². The number of furan rings is 1. The summed E-state index contributed by atoms with van der Waals surface area (Å²) in [6.07, 6.45) is -0.0740. The molecule has 3 N–H and O–H groups in total. The Balaban J connectivity index is 1.94. The summed E-state index contributed by atoms with van der Waals surface area (Å²) in [7, 11) is 0. The van der Waals surface area contributed by atoms with Crippen LogP contribution >= 0.6 is 0 Å². The number of fused-ring (bicyclic) bond motifs is 1. The number of nitrogens with two attached hydrogens (primary N) is 1. The van der Waals surface area contributed by atoms with Crippen LogP contribution in [0.25, 0.3) is 11.0 Å². The van der Waals surface area contributed by atoms with Gasteiger partial charge < -0.3 is 15.5 Å². The van der Waals surface area contributed by atoms with Gasteiger partial charge in [-0.3, -0.25) is 14.5 Å². The molecule has 0 aliphatic carbocycles. The van der Waals surface area contributed by atoms with Gasteiger partial charge >= 0.3 is 6.03 Å². The Morgan fingerprint density at radius 3 is 2.77 bits per heavy atom. The highest BCUT2D eigenvalue weighted by molar-refractivity contribution is 6.07. The fraction of sp³-hybridized carbons (Fsp3) is 0.267. The molecule has 3 rings (SSSR count). The molecule has 4 amide bonds. The van der Waals surface area contributed by atoms with Crippen LogP contribution in [0.1, 0.15) is 19.1 Å². The second kappa shape index (κ2) is 4.87. The SMILES string of the molecule is CC1(c2cc3ccccc3o2)NC(=O)N(CCC(N)=O)C1=O. The molecule has 2 aromatic rings. The summed E-state index contributed by atoms with van der Waals surface area (Å²) >= 11 is 0. The van der Waals surface area contributed by atoms with E-state index in [1.165, 1.54) is 0 Å². The summed E-state index contributed by atoms with van der Waals surface area (Å²) < 4.78 is 5.69. The minimum Gasteiger partial charge on any atom is -0.458 e. The first-order valence-corrected chi connectivity index (χ1v) is 6.83. The lowest BCUT2D eigenvalue weighted by molar-refractivity contribution is -0.131. The molecule has 0 radical (unpaired) electrons. The molecule has 22 heavy (non-hydrogen) atoms. The molecule has 0 spiro atoms. The van der Waals surface area contributed by atoms with E-state index in [0.717, 1.165) is 10.3 Å². The fourth-order valence-electron chi connectivity index (χ4n) is 2.52. The number of nitrogens with one attached hydrogen (secondary N) is 1. The van der Waals surface area contributed by atoms with Gasteiger partial charge in [-0.2, -0.15) is 0 Å². The molecule has 1 aliphatic rings. The van der Waals surface area contributed by atoms with Crippen LogP contribution in [0.3, 0.4) is 0 Å². The van der Waals surface area contributed by atoms with E-state index >= 15 is 0 Å². The van der Waals surface area contributed by atoms with Crippen LogP contribution in [0, 0.1) is 0 Å². The molecule has 7 nitrogen and oxygen atoms in total. The van der Waals surface area contributed by atoms with Gasteiger partial charge in [0.15, 0.2) is 5.54 Å². The van der Waals surface area contributed by atoms with E-state index in [1.54, 1.807) is 19.1 Å². The highest BCUT2D eigenvalue weighted by atomic mass is 16.3. The Bertz CT molecular complexity index is 749. The van der Waals surface area contributed by atoms with E-state index in [9.17, 15) is 14.4 Å². The smallest absolute Gasteiger partial charge is 0.325 e. The van der Waals surface area contributed by atoms with Crippen molar-refractivity contribution in [1.82, 2.24) is 10.2 Å². The lowest BCUT2D eigenvalue weighted by atomic mass is 9.99. The number of carbonyl (C=O) groups excluding carboxylic acids is 3. The molecule has 1 aromatic carbocycles. The van der Waals surface area contributed by atoms with Crippen molar-refractivity contribution >= 4 is 28.8 Å². The van der Waals surface area contributed by atoms with Crippen LogP contribution in [0.5, 0.6) is 0 Å². The van der Waals surface area contributed by atoms with Gasteiger partial charge in [0.1, 0.15) is 11.3 Å². The molecule has 1 fully saturated rings. The minimum absolute atomic E-state index is 0.0458. The summed E-state index contributed by atoms with van der Waals surface area (Å²) in [4.78, 5) is 36.4. The maximum absolute atomic E-state index is 12.6. The van der Waals surface area contributed by atoms with E-state index in [1.807, 2.05) is 18.2 Å². The van der Waals surface area contributed by atoms with Gasteiger partial charge in [-0.1, -0.05) is 18.2 Å². The Hall–Kier alpha value is -2.83. The topological polar surface area (TPSA) is 106 Å². The number of amides is 4. The number of rotatable bonds is 4. The van der Waals surface area contributed by atoms with E-state index < -0.39 is 23.4 Å². The van der Waals surface area contributed by atoms with Crippen LogP contribution in [-0.4, -0.2) is 29.3 Å². The number of primary amides is 1. The Labute approximate surface area is 126 Å². The normalized spacial score (nSPS) is 21.4. The highest BCUT2D eigenvalue weighted by Gasteiger charge is 2.51. The first-order chi connectivity index (χ1) is 10.4. The maximum atomic E-state index is 12.6. The average molecular weight is 301 g/mol. The molecule has 0 bridgehead atoms. The lowest BCUT2D eigenvalue weighted by Gasteiger charge is -2.18. The highest BCUT2D eigenvalue weighted by Crippen LogP contribution is 2.32. The van der Waals surface area contributed by atoms with Gasteiger partial charge in [0.2, 0.25) is 5.91 Å². The monoisotopic (exact) mass is 301 g/mol. The number of benzene rings is 1. The van der Waals surface area contributed by atoms with Crippen molar-refractivity contribution in [3.8, 4) is 0 Å². The molecule has 1 atom stereocenters. The number of hydrogen-bond donors (Lipinski definition) is 2. The third-order valence-electron chi connectivity index (χ3n) is 3.78. The maximum Gasteiger partial charge on any atom is 0.325 e. The zero-order valence-corrected chi connectivity index (χ0v) is 12.0. The molecule has 1 saturated heterocycles. The van der Waals surface area contributed by atoms with E-state index in [4.69, 9.17) is 10.2 Å². The van der Waals surface area contributed by atoms with Crippen molar-refractivity contribution in [3.05, 3.63) is 36.1 Å². The van der Waals surface area contributed by atoms with Crippen LogP contribution in [-0.2, 0) is 15.1 Å². The van der Waals surface area contributed by atoms with Crippen molar-refractivity contribution in [2.24, 2.45) is 5.73 Å². The molecule has 0 saturated carbocycles. The largest absolute Gasteiger partial charge is 0.458 e. The summed E-state index contributed by atoms with van der Waals surface area (Å²) in [5.74, 6) is -0.677. The van der Waals surface area contributed by atoms with Crippen molar-refractivity contribution in [3.63, 3.8) is 0 Å². The number of carbonyl (C=O) groups is 3. The van der Waals surface area contributed by atoms with E-state index in [-0.39, 0.29) is 13.0 Å². The van der Waals surface area contributed by atoms with Gasteiger partial charge in [0, 0.05) is 18.4 Å². The van der Waals surface area contributed by atoms with Crippen LogP contribution in [0.15, 0.2) is 34.7 Å². The third kappa shape index (κ3) is 2.11. The number of nitrogens with zero attached hydrogens (tertiary/aromatic N) is 1. The zero-order chi connectivity index (χ0) is 15.9. The van der Waals surface area contributed by atoms with Gasteiger partial charge in [-0.15, -0.1) is 0 Å². The lowest BCUT2D eigenvalue weighted by Crippen LogP contribution is -2.40. The van der Waals surface area contributed by atoms with Crippen LogP contribution in [0.2, 0.25) is 0 Å².